The minimum Gasteiger partial charge on any atom is -0.326 e. The summed E-state index contributed by atoms with van der Waals surface area (Å²) in [5, 5.41) is 6.89. The van der Waals surface area contributed by atoms with E-state index >= 15 is 0 Å². The van der Waals surface area contributed by atoms with Crippen LogP contribution in [0.15, 0.2) is 18.2 Å². The second-order valence-corrected chi connectivity index (χ2v) is 5.13. The van der Waals surface area contributed by atoms with E-state index in [9.17, 15) is 4.79 Å². The maximum Gasteiger partial charge on any atom is 0.229 e. The second kappa shape index (κ2) is 5.07. The molecule has 0 spiro atoms. The van der Waals surface area contributed by atoms with Crippen LogP contribution in [0.1, 0.15) is 12.5 Å². The fourth-order valence-electron chi connectivity index (χ4n) is 2.15. The van der Waals surface area contributed by atoms with Crippen LogP contribution in [0.2, 0.25) is 5.02 Å². The summed E-state index contributed by atoms with van der Waals surface area (Å²) in [6, 6.07) is 5.50. The van der Waals surface area contributed by atoms with Crippen LogP contribution in [0, 0.1) is 18.8 Å². The molecule has 1 saturated heterocycles. The molecule has 2 unspecified atom stereocenters. The zero-order valence-electron chi connectivity index (χ0n) is 10.1. The smallest absolute Gasteiger partial charge is 0.229 e. The molecular formula is C13H17ClN2O. The van der Waals surface area contributed by atoms with E-state index in [1.807, 2.05) is 19.1 Å². The molecule has 0 bridgehead atoms. The number of halogens is 1. The molecule has 1 amide bonds. The van der Waals surface area contributed by atoms with Crippen LogP contribution in [-0.2, 0) is 4.79 Å². The van der Waals surface area contributed by atoms with Gasteiger partial charge in [0.2, 0.25) is 5.91 Å². The average Bonchev–Trinajstić information content (AvgIpc) is 2.68. The molecule has 2 rings (SSSR count). The topological polar surface area (TPSA) is 41.1 Å². The molecule has 4 heteroatoms. The van der Waals surface area contributed by atoms with Crippen LogP contribution < -0.4 is 10.6 Å². The van der Waals surface area contributed by atoms with Gasteiger partial charge in [-0.25, -0.2) is 0 Å². The van der Waals surface area contributed by atoms with Crippen molar-refractivity contribution in [3.63, 3.8) is 0 Å². The first-order valence-corrected chi connectivity index (χ1v) is 6.23. The van der Waals surface area contributed by atoms with E-state index in [1.165, 1.54) is 0 Å². The number of hydrogen-bond acceptors (Lipinski definition) is 2. The Morgan fingerprint density at radius 3 is 2.82 bits per heavy atom. The number of carbonyl (C=O) groups excluding carboxylic acids is 1. The van der Waals surface area contributed by atoms with Crippen LogP contribution in [0.5, 0.6) is 0 Å². The number of hydrogen-bond donors (Lipinski definition) is 2. The van der Waals surface area contributed by atoms with E-state index in [0.29, 0.717) is 10.9 Å². The zero-order valence-corrected chi connectivity index (χ0v) is 10.8. The third-order valence-corrected chi connectivity index (χ3v) is 3.54. The molecule has 3 nitrogen and oxygen atoms in total. The predicted octanol–water partition coefficient (Wildman–Crippen LogP) is 2.44. The second-order valence-electron chi connectivity index (χ2n) is 4.69. The number of carbonyl (C=O) groups is 1. The van der Waals surface area contributed by atoms with Crippen molar-refractivity contribution in [3.8, 4) is 0 Å². The third kappa shape index (κ3) is 2.79. The van der Waals surface area contributed by atoms with E-state index in [-0.39, 0.29) is 11.8 Å². The molecule has 92 valence electrons. The Kier molecular flexibility index (Phi) is 3.69. The number of aryl methyl sites for hydroxylation is 1. The summed E-state index contributed by atoms with van der Waals surface area (Å²) in [5.74, 6) is 0.542. The van der Waals surface area contributed by atoms with Gasteiger partial charge in [0.05, 0.1) is 5.92 Å². The summed E-state index contributed by atoms with van der Waals surface area (Å²) < 4.78 is 0. The number of benzene rings is 1. The van der Waals surface area contributed by atoms with Crippen molar-refractivity contribution in [2.45, 2.75) is 13.8 Å². The van der Waals surface area contributed by atoms with Crippen molar-refractivity contribution in [2.75, 3.05) is 18.4 Å². The van der Waals surface area contributed by atoms with E-state index < -0.39 is 0 Å². The van der Waals surface area contributed by atoms with Gasteiger partial charge in [0.25, 0.3) is 0 Å². The first kappa shape index (κ1) is 12.4. The molecule has 0 aromatic heterocycles. The van der Waals surface area contributed by atoms with Crippen LogP contribution in [0.3, 0.4) is 0 Å². The molecule has 0 aliphatic carbocycles. The van der Waals surface area contributed by atoms with E-state index in [0.717, 1.165) is 24.3 Å². The lowest BCUT2D eigenvalue weighted by molar-refractivity contribution is -0.120. The molecule has 2 atom stereocenters. The van der Waals surface area contributed by atoms with Crippen LogP contribution in [0.25, 0.3) is 0 Å². The molecule has 0 saturated carbocycles. The van der Waals surface area contributed by atoms with Crippen LogP contribution >= 0.6 is 11.6 Å². The number of anilines is 1. The van der Waals surface area contributed by atoms with Gasteiger partial charge in [0.15, 0.2) is 0 Å². The SMILES string of the molecule is Cc1cc(Cl)ccc1NC(=O)C1CNCC1C. The molecule has 1 aliphatic heterocycles. The predicted molar refractivity (Wildman–Crippen MR) is 70.3 cm³/mol. The van der Waals surface area contributed by atoms with Gasteiger partial charge in [-0.3, -0.25) is 4.79 Å². The van der Waals surface area contributed by atoms with E-state index in [4.69, 9.17) is 11.6 Å². The van der Waals surface area contributed by atoms with Gasteiger partial charge in [0, 0.05) is 17.3 Å². The minimum absolute atomic E-state index is 0.0603. The Morgan fingerprint density at radius 2 is 2.24 bits per heavy atom. The molecule has 17 heavy (non-hydrogen) atoms. The summed E-state index contributed by atoms with van der Waals surface area (Å²) in [6.45, 7) is 5.72. The minimum atomic E-state index is 0.0603. The van der Waals surface area contributed by atoms with Crippen LogP contribution in [0.4, 0.5) is 5.69 Å². The Hall–Kier alpha value is -1.06. The molecule has 1 aliphatic rings. The van der Waals surface area contributed by atoms with Crippen molar-refractivity contribution in [3.05, 3.63) is 28.8 Å². The molecular weight excluding hydrogens is 236 g/mol. The largest absolute Gasteiger partial charge is 0.326 e. The molecule has 1 aromatic carbocycles. The molecule has 2 N–H and O–H groups in total. The Balaban J connectivity index is 2.07. The van der Waals surface area contributed by atoms with Gasteiger partial charge >= 0.3 is 0 Å². The molecule has 1 heterocycles. The Morgan fingerprint density at radius 1 is 1.47 bits per heavy atom. The van der Waals surface area contributed by atoms with Crippen LogP contribution in [-0.4, -0.2) is 19.0 Å². The monoisotopic (exact) mass is 252 g/mol. The number of amides is 1. The highest BCUT2D eigenvalue weighted by Gasteiger charge is 2.29. The van der Waals surface area contributed by atoms with Gasteiger partial charge in [-0.2, -0.15) is 0 Å². The highest BCUT2D eigenvalue weighted by Crippen LogP contribution is 2.22. The zero-order chi connectivity index (χ0) is 12.4. The number of rotatable bonds is 2. The third-order valence-electron chi connectivity index (χ3n) is 3.30. The van der Waals surface area contributed by atoms with E-state index in [2.05, 4.69) is 17.6 Å². The summed E-state index contributed by atoms with van der Waals surface area (Å²) in [4.78, 5) is 12.1. The molecule has 1 fully saturated rings. The van der Waals surface area contributed by atoms with Crippen molar-refractivity contribution < 1.29 is 4.79 Å². The Labute approximate surface area is 107 Å². The van der Waals surface area contributed by atoms with Gasteiger partial charge in [0.1, 0.15) is 0 Å². The highest BCUT2D eigenvalue weighted by molar-refractivity contribution is 6.30. The lowest BCUT2D eigenvalue weighted by Crippen LogP contribution is -2.28. The van der Waals surface area contributed by atoms with Gasteiger partial charge in [-0.05, 0) is 43.1 Å². The van der Waals surface area contributed by atoms with E-state index in [1.54, 1.807) is 6.07 Å². The standard InChI is InChI=1S/C13H17ClN2O/c1-8-5-10(14)3-4-12(8)16-13(17)11-7-15-6-9(11)2/h3-5,9,11,15H,6-7H2,1-2H3,(H,16,17). The highest BCUT2D eigenvalue weighted by atomic mass is 35.5. The molecule has 1 aromatic rings. The summed E-state index contributed by atoms with van der Waals surface area (Å²) >= 11 is 5.88. The van der Waals surface area contributed by atoms with Gasteiger partial charge in [-0.15, -0.1) is 0 Å². The van der Waals surface area contributed by atoms with Gasteiger partial charge in [-0.1, -0.05) is 18.5 Å². The summed E-state index contributed by atoms with van der Waals surface area (Å²) in [6.07, 6.45) is 0. The number of nitrogens with one attached hydrogen (secondary N) is 2. The van der Waals surface area contributed by atoms with Crippen molar-refractivity contribution >= 4 is 23.2 Å². The quantitative estimate of drug-likeness (QED) is 0.849. The lowest BCUT2D eigenvalue weighted by Gasteiger charge is -2.15. The maximum absolute atomic E-state index is 12.1. The van der Waals surface area contributed by atoms with Crippen molar-refractivity contribution in [2.24, 2.45) is 11.8 Å². The maximum atomic E-state index is 12.1. The normalized spacial score (nSPS) is 23.7. The fourth-order valence-corrected chi connectivity index (χ4v) is 2.38. The fraction of sp³-hybridized carbons (Fsp3) is 0.462. The van der Waals surface area contributed by atoms with Crippen molar-refractivity contribution in [1.82, 2.24) is 5.32 Å². The van der Waals surface area contributed by atoms with Crippen molar-refractivity contribution in [1.29, 1.82) is 0 Å². The molecule has 0 radical (unpaired) electrons. The first-order chi connectivity index (χ1) is 8.08. The summed E-state index contributed by atoms with van der Waals surface area (Å²) in [5.41, 5.74) is 1.84. The lowest BCUT2D eigenvalue weighted by atomic mass is 9.97. The Bertz CT molecular complexity index is 433. The summed E-state index contributed by atoms with van der Waals surface area (Å²) in [7, 11) is 0. The van der Waals surface area contributed by atoms with Gasteiger partial charge < -0.3 is 10.6 Å². The average molecular weight is 253 g/mol. The first-order valence-electron chi connectivity index (χ1n) is 5.85.